The number of aryl methyl sites for hydroxylation is 1. The summed E-state index contributed by atoms with van der Waals surface area (Å²) in [5.74, 6) is 2.33. The molecule has 2 aromatic heterocycles. The summed E-state index contributed by atoms with van der Waals surface area (Å²) in [5, 5.41) is 13.5. The Kier molecular flexibility index (Phi) is 5.42. The minimum Gasteiger partial charge on any atom is -0.360 e. The molecular weight excluding hydrogens is 342 g/mol. The molecule has 1 atom stereocenters. The lowest BCUT2D eigenvalue weighted by Gasteiger charge is -2.15. The molecule has 2 aromatic rings. The van der Waals surface area contributed by atoms with Crippen molar-refractivity contribution in [3.8, 4) is 0 Å². The number of carbonyl (C=O) groups is 2. The van der Waals surface area contributed by atoms with Gasteiger partial charge >= 0.3 is 0 Å². The van der Waals surface area contributed by atoms with Gasteiger partial charge in [0.25, 0.3) is 0 Å². The first-order chi connectivity index (χ1) is 12.0. The van der Waals surface area contributed by atoms with E-state index in [1.165, 1.54) is 24.6 Å². The third-order valence-electron chi connectivity index (χ3n) is 3.99. The second-order valence-electron chi connectivity index (χ2n) is 6.15. The van der Waals surface area contributed by atoms with Gasteiger partial charge in [-0.3, -0.25) is 9.59 Å². The Bertz CT molecular complexity index is 753. The van der Waals surface area contributed by atoms with Crippen LogP contribution in [0.3, 0.4) is 0 Å². The molecule has 0 bridgehead atoms. The minimum atomic E-state index is -0.224. The van der Waals surface area contributed by atoms with Gasteiger partial charge < -0.3 is 15.2 Å². The summed E-state index contributed by atoms with van der Waals surface area (Å²) >= 11 is 1.24. The lowest BCUT2D eigenvalue weighted by atomic mass is 10.2. The topological polar surface area (TPSA) is 102 Å². The number of aromatic nitrogens is 3. The van der Waals surface area contributed by atoms with E-state index in [-0.39, 0.29) is 29.4 Å². The summed E-state index contributed by atoms with van der Waals surface area (Å²) in [4.78, 5) is 23.9. The standard InChI is InChI=1S/C16H21N5O3S/c1-10-7-13(20-24-10)18-15(22)8-25-9-16(23)19-14-5-6-17-21(14)11(2)12-3-4-12/h5-7,11-12H,3-4,8-9H2,1-2H3,(H,19,23)(H,18,20,22). The van der Waals surface area contributed by atoms with Crippen LogP contribution in [0.4, 0.5) is 11.6 Å². The van der Waals surface area contributed by atoms with Crippen molar-refractivity contribution in [2.75, 3.05) is 22.1 Å². The first-order valence-electron chi connectivity index (χ1n) is 8.17. The third kappa shape index (κ3) is 4.85. The zero-order chi connectivity index (χ0) is 17.8. The van der Waals surface area contributed by atoms with Crippen LogP contribution in [-0.2, 0) is 9.59 Å². The minimum absolute atomic E-state index is 0.153. The quantitative estimate of drug-likeness (QED) is 0.747. The van der Waals surface area contributed by atoms with Crippen molar-refractivity contribution in [3.05, 3.63) is 24.1 Å². The maximum Gasteiger partial charge on any atom is 0.235 e. The van der Waals surface area contributed by atoms with Gasteiger partial charge in [-0.2, -0.15) is 5.10 Å². The predicted octanol–water partition coefficient (Wildman–Crippen LogP) is 2.46. The van der Waals surface area contributed by atoms with Crippen LogP contribution in [0.2, 0.25) is 0 Å². The van der Waals surface area contributed by atoms with Crippen molar-refractivity contribution in [2.24, 2.45) is 5.92 Å². The number of anilines is 2. The smallest absolute Gasteiger partial charge is 0.235 e. The van der Waals surface area contributed by atoms with Crippen molar-refractivity contribution < 1.29 is 14.1 Å². The molecule has 1 fully saturated rings. The Balaban J connectivity index is 1.41. The van der Waals surface area contributed by atoms with Gasteiger partial charge in [-0.15, -0.1) is 11.8 Å². The molecule has 1 aliphatic carbocycles. The number of thioether (sulfide) groups is 1. The van der Waals surface area contributed by atoms with Gasteiger partial charge in [0.15, 0.2) is 5.82 Å². The molecule has 0 aromatic carbocycles. The average Bonchev–Trinajstić information content (AvgIpc) is 3.19. The highest BCUT2D eigenvalue weighted by atomic mass is 32.2. The highest BCUT2D eigenvalue weighted by Crippen LogP contribution is 2.40. The fourth-order valence-corrected chi connectivity index (χ4v) is 3.15. The Labute approximate surface area is 149 Å². The second-order valence-corrected chi connectivity index (χ2v) is 7.14. The van der Waals surface area contributed by atoms with Crippen LogP contribution in [0, 0.1) is 12.8 Å². The molecule has 9 heteroatoms. The Morgan fingerprint density at radius 2 is 2.08 bits per heavy atom. The predicted molar refractivity (Wildman–Crippen MR) is 95.5 cm³/mol. The number of carbonyl (C=O) groups excluding carboxylic acids is 2. The number of nitrogens with zero attached hydrogens (tertiary/aromatic N) is 3. The van der Waals surface area contributed by atoms with Gasteiger partial charge in [-0.1, -0.05) is 5.16 Å². The Morgan fingerprint density at radius 3 is 2.72 bits per heavy atom. The zero-order valence-corrected chi connectivity index (χ0v) is 15.0. The third-order valence-corrected chi connectivity index (χ3v) is 4.92. The first-order valence-corrected chi connectivity index (χ1v) is 9.32. The largest absolute Gasteiger partial charge is 0.360 e. The molecule has 1 unspecified atom stereocenters. The highest BCUT2D eigenvalue weighted by Gasteiger charge is 2.30. The number of rotatable bonds is 8. The fourth-order valence-electron chi connectivity index (χ4n) is 2.54. The molecule has 0 spiro atoms. The van der Waals surface area contributed by atoms with Gasteiger partial charge in [0.1, 0.15) is 11.6 Å². The highest BCUT2D eigenvalue weighted by molar-refractivity contribution is 8.00. The molecule has 8 nitrogen and oxygen atoms in total. The lowest BCUT2D eigenvalue weighted by Crippen LogP contribution is -2.21. The first kappa shape index (κ1) is 17.5. The molecule has 0 aliphatic heterocycles. The molecule has 1 saturated carbocycles. The maximum atomic E-state index is 12.1. The summed E-state index contributed by atoms with van der Waals surface area (Å²) in [5.41, 5.74) is 0. The van der Waals surface area contributed by atoms with E-state index < -0.39 is 0 Å². The van der Waals surface area contributed by atoms with Crippen LogP contribution in [-0.4, -0.2) is 38.3 Å². The van der Waals surface area contributed by atoms with Crippen LogP contribution in [0.1, 0.15) is 31.6 Å². The molecular formula is C16H21N5O3S. The van der Waals surface area contributed by atoms with Crippen LogP contribution >= 0.6 is 11.8 Å². The van der Waals surface area contributed by atoms with E-state index in [0.29, 0.717) is 23.3 Å². The zero-order valence-electron chi connectivity index (χ0n) is 14.2. The van der Waals surface area contributed by atoms with Crippen LogP contribution < -0.4 is 10.6 Å². The van der Waals surface area contributed by atoms with Gasteiger partial charge in [-0.25, -0.2) is 4.68 Å². The average molecular weight is 363 g/mol. The van der Waals surface area contributed by atoms with Crippen molar-refractivity contribution in [3.63, 3.8) is 0 Å². The van der Waals surface area contributed by atoms with Crippen LogP contribution in [0.5, 0.6) is 0 Å². The number of hydrogen-bond donors (Lipinski definition) is 2. The van der Waals surface area contributed by atoms with E-state index in [2.05, 4.69) is 27.8 Å². The van der Waals surface area contributed by atoms with Crippen molar-refractivity contribution in [1.29, 1.82) is 0 Å². The number of hydrogen-bond acceptors (Lipinski definition) is 6. The molecule has 1 aliphatic rings. The number of nitrogens with one attached hydrogen (secondary N) is 2. The second kappa shape index (κ2) is 7.73. The van der Waals surface area contributed by atoms with E-state index in [1.54, 1.807) is 25.3 Å². The van der Waals surface area contributed by atoms with Crippen LogP contribution in [0.15, 0.2) is 22.9 Å². The van der Waals surface area contributed by atoms with E-state index in [1.807, 2.05) is 4.68 Å². The molecule has 134 valence electrons. The van der Waals surface area contributed by atoms with Gasteiger partial charge in [0, 0.05) is 12.1 Å². The lowest BCUT2D eigenvalue weighted by molar-refractivity contribution is -0.114. The molecule has 25 heavy (non-hydrogen) atoms. The monoisotopic (exact) mass is 363 g/mol. The maximum absolute atomic E-state index is 12.1. The molecule has 2 amide bonds. The summed E-state index contributed by atoms with van der Waals surface area (Å²) in [6, 6.07) is 3.72. The molecule has 2 heterocycles. The van der Waals surface area contributed by atoms with E-state index in [0.717, 1.165) is 0 Å². The normalized spacial score (nSPS) is 15.0. The van der Waals surface area contributed by atoms with E-state index in [4.69, 9.17) is 4.52 Å². The SMILES string of the molecule is Cc1cc(NC(=O)CSCC(=O)Nc2ccnn2C(C)C2CC2)no1. The Morgan fingerprint density at radius 1 is 1.36 bits per heavy atom. The molecule has 3 rings (SSSR count). The van der Waals surface area contributed by atoms with Gasteiger partial charge in [-0.05, 0) is 32.6 Å². The summed E-state index contributed by atoms with van der Waals surface area (Å²) in [6.07, 6.45) is 4.11. The number of amides is 2. The Hall–Kier alpha value is -2.29. The fraction of sp³-hybridized carbons (Fsp3) is 0.500. The van der Waals surface area contributed by atoms with E-state index >= 15 is 0 Å². The molecule has 0 saturated heterocycles. The van der Waals surface area contributed by atoms with E-state index in [9.17, 15) is 9.59 Å². The van der Waals surface area contributed by atoms with Gasteiger partial charge in [0.05, 0.1) is 23.7 Å². The molecule has 0 radical (unpaired) electrons. The van der Waals surface area contributed by atoms with Gasteiger partial charge in [0.2, 0.25) is 11.8 Å². The summed E-state index contributed by atoms with van der Waals surface area (Å²) in [7, 11) is 0. The van der Waals surface area contributed by atoms with Crippen molar-refractivity contribution in [1.82, 2.24) is 14.9 Å². The van der Waals surface area contributed by atoms with Crippen molar-refractivity contribution >= 4 is 35.2 Å². The summed E-state index contributed by atoms with van der Waals surface area (Å²) < 4.78 is 6.74. The van der Waals surface area contributed by atoms with Crippen molar-refractivity contribution in [2.45, 2.75) is 32.7 Å². The van der Waals surface area contributed by atoms with Crippen LogP contribution in [0.25, 0.3) is 0 Å². The molecule has 2 N–H and O–H groups in total. The summed E-state index contributed by atoms with van der Waals surface area (Å²) in [6.45, 7) is 3.86.